The number of hydrogen-bond acceptors (Lipinski definition) is 1. The molecule has 0 aliphatic rings. The van der Waals surface area contributed by atoms with E-state index in [1.165, 1.54) is 0 Å². The molecule has 1 heterocycles. The Morgan fingerprint density at radius 3 is 2.81 bits per heavy atom. The number of aromatic nitrogens is 1. The zero-order valence-corrected chi connectivity index (χ0v) is 11.7. The minimum atomic E-state index is 0.795. The molecule has 0 spiro atoms. The quantitative estimate of drug-likeness (QED) is 0.767. The van der Waals surface area contributed by atoms with Crippen LogP contribution in [-0.4, -0.2) is 4.98 Å². The first-order valence-corrected chi connectivity index (χ1v) is 6.54. The Labute approximate surface area is 109 Å². The van der Waals surface area contributed by atoms with E-state index in [2.05, 4.69) is 34.8 Å². The van der Waals surface area contributed by atoms with Crippen LogP contribution < -0.4 is 0 Å². The Morgan fingerprint density at radius 1 is 1.38 bits per heavy atom. The molecular weight excluding hydrogens is 286 g/mol. The molecule has 0 radical (unpaired) electrons. The van der Waals surface area contributed by atoms with Gasteiger partial charge >= 0.3 is 0 Å². The van der Waals surface area contributed by atoms with Gasteiger partial charge in [0, 0.05) is 15.6 Å². The van der Waals surface area contributed by atoms with Crippen molar-refractivity contribution in [3.63, 3.8) is 0 Å². The highest BCUT2D eigenvalue weighted by Gasteiger charge is 2.08. The van der Waals surface area contributed by atoms with Gasteiger partial charge in [-0.2, -0.15) is 0 Å². The summed E-state index contributed by atoms with van der Waals surface area (Å²) in [6.07, 6.45) is 2.06. The minimum absolute atomic E-state index is 0.795. The Bertz CT molecular complexity index is 537. The summed E-state index contributed by atoms with van der Waals surface area (Å²) in [6.45, 7) is 4.21. The summed E-state index contributed by atoms with van der Waals surface area (Å²) >= 11 is 9.79. The van der Waals surface area contributed by atoms with Gasteiger partial charge in [0.15, 0.2) is 0 Å². The van der Waals surface area contributed by atoms with Crippen molar-refractivity contribution in [2.75, 3.05) is 0 Å². The van der Waals surface area contributed by atoms with Crippen molar-refractivity contribution in [2.24, 2.45) is 0 Å². The summed E-state index contributed by atoms with van der Waals surface area (Å²) in [5.74, 6) is 0. The summed E-state index contributed by atoms with van der Waals surface area (Å²) in [7, 11) is 0. The fraction of sp³-hybridized carbons (Fsp3) is 0.308. The number of fused-ring (bicyclic) bond motifs is 1. The number of halogens is 2. The molecule has 0 fully saturated rings. The van der Waals surface area contributed by atoms with Gasteiger partial charge in [-0.1, -0.05) is 46.9 Å². The predicted octanol–water partition coefficient (Wildman–Crippen LogP) is 4.91. The highest BCUT2D eigenvalue weighted by Crippen LogP contribution is 2.29. The Morgan fingerprint density at radius 2 is 2.12 bits per heavy atom. The number of hydrogen-bond donors (Lipinski definition) is 0. The Balaban J connectivity index is 2.73. The van der Waals surface area contributed by atoms with Gasteiger partial charge in [0.25, 0.3) is 0 Å². The third kappa shape index (κ3) is 2.09. The van der Waals surface area contributed by atoms with Crippen LogP contribution in [-0.2, 0) is 6.42 Å². The topological polar surface area (TPSA) is 12.9 Å². The van der Waals surface area contributed by atoms with E-state index >= 15 is 0 Å². The van der Waals surface area contributed by atoms with E-state index in [9.17, 15) is 0 Å². The molecule has 0 N–H and O–H groups in total. The largest absolute Gasteiger partial charge is 0.252 e. The first-order valence-electron chi connectivity index (χ1n) is 5.37. The van der Waals surface area contributed by atoms with E-state index < -0.39 is 0 Å². The van der Waals surface area contributed by atoms with E-state index in [-0.39, 0.29) is 0 Å². The van der Waals surface area contributed by atoms with E-state index in [0.29, 0.717) is 0 Å². The third-order valence-electron chi connectivity index (χ3n) is 2.68. The average molecular weight is 299 g/mol. The number of nitrogens with zero attached hydrogens (tertiary/aromatic N) is 1. The molecule has 84 valence electrons. The lowest BCUT2D eigenvalue weighted by molar-refractivity contribution is 0.889. The van der Waals surface area contributed by atoms with Crippen LogP contribution in [0.4, 0.5) is 0 Å². The van der Waals surface area contributed by atoms with E-state index in [0.717, 1.165) is 44.5 Å². The minimum Gasteiger partial charge on any atom is -0.252 e. The molecule has 0 aliphatic carbocycles. The highest BCUT2D eigenvalue weighted by atomic mass is 79.9. The van der Waals surface area contributed by atoms with Crippen molar-refractivity contribution in [1.82, 2.24) is 4.98 Å². The number of benzene rings is 1. The highest BCUT2D eigenvalue weighted by molar-refractivity contribution is 9.10. The molecule has 0 atom stereocenters. The number of rotatable bonds is 2. The number of aryl methyl sites for hydroxylation is 2. The Hall–Kier alpha value is -0.600. The second kappa shape index (κ2) is 4.72. The molecule has 16 heavy (non-hydrogen) atoms. The average Bonchev–Trinajstić information content (AvgIpc) is 2.25. The molecule has 1 aromatic carbocycles. The fourth-order valence-corrected chi connectivity index (χ4v) is 2.39. The van der Waals surface area contributed by atoms with Crippen LogP contribution in [0.3, 0.4) is 0 Å². The molecule has 0 amide bonds. The van der Waals surface area contributed by atoms with Gasteiger partial charge in [-0.15, -0.1) is 0 Å². The predicted molar refractivity (Wildman–Crippen MR) is 73.2 cm³/mol. The van der Waals surface area contributed by atoms with Gasteiger partial charge in [-0.05, 0) is 31.0 Å². The van der Waals surface area contributed by atoms with Gasteiger partial charge in [-0.25, -0.2) is 0 Å². The van der Waals surface area contributed by atoms with Crippen molar-refractivity contribution < 1.29 is 0 Å². The van der Waals surface area contributed by atoms with Crippen molar-refractivity contribution in [3.8, 4) is 0 Å². The monoisotopic (exact) mass is 297 g/mol. The lowest BCUT2D eigenvalue weighted by Crippen LogP contribution is -1.93. The fourth-order valence-electron chi connectivity index (χ4n) is 1.80. The molecule has 0 saturated heterocycles. The SMILES string of the molecule is CCCc1cc(Cl)c2ccc(Br)c(C)c2n1. The van der Waals surface area contributed by atoms with Crippen LogP contribution >= 0.6 is 27.5 Å². The molecular formula is C13H13BrClN. The molecule has 0 unspecified atom stereocenters. The normalized spacial score (nSPS) is 11.0. The molecule has 1 aromatic heterocycles. The van der Waals surface area contributed by atoms with Gasteiger partial charge in [0.1, 0.15) is 0 Å². The van der Waals surface area contributed by atoms with Crippen LogP contribution in [0.2, 0.25) is 5.02 Å². The molecule has 0 bridgehead atoms. The summed E-state index contributed by atoms with van der Waals surface area (Å²) in [5.41, 5.74) is 3.23. The van der Waals surface area contributed by atoms with Crippen molar-refractivity contribution in [2.45, 2.75) is 26.7 Å². The van der Waals surface area contributed by atoms with Gasteiger partial charge in [0.2, 0.25) is 0 Å². The summed E-state index contributed by atoms with van der Waals surface area (Å²) in [5, 5.41) is 1.83. The van der Waals surface area contributed by atoms with E-state index in [4.69, 9.17) is 11.6 Å². The van der Waals surface area contributed by atoms with Crippen LogP contribution in [0.25, 0.3) is 10.9 Å². The maximum absolute atomic E-state index is 6.27. The van der Waals surface area contributed by atoms with Crippen molar-refractivity contribution in [3.05, 3.63) is 39.0 Å². The summed E-state index contributed by atoms with van der Waals surface area (Å²) in [4.78, 5) is 4.67. The first kappa shape index (κ1) is 11.9. The van der Waals surface area contributed by atoms with Crippen LogP contribution in [0.15, 0.2) is 22.7 Å². The molecule has 2 aromatic rings. The molecule has 0 saturated carbocycles. The molecule has 3 heteroatoms. The zero-order valence-electron chi connectivity index (χ0n) is 9.35. The second-order valence-electron chi connectivity index (χ2n) is 3.91. The zero-order chi connectivity index (χ0) is 11.7. The van der Waals surface area contributed by atoms with Gasteiger partial charge < -0.3 is 0 Å². The van der Waals surface area contributed by atoms with Crippen molar-refractivity contribution in [1.29, 1.82) is 0 Å². The van der Waals surface area contributed by atoms with Crippen LogP contribution in [0, 0.1) is 6.92 Å². The lowest BCUT2D eigenvalue weighted by atomic mass is 10.1. The van der Waals surface area contributed by atoms with Crippen LogP contribution in [0.1, 0.15) is 24.6 Å². The van der Waals surface area contributed by atoms with E-state index in [1.54, 1.807) is 0 Å². The smallest absolute Gasteiger partial charge is 0.0760 e. The third-order valence-corrected chi connectivity index (χ3v) is 3.85. The van der Waals surface area contributed by atoms with Gasteiger partial charge in [0.05, 0.1) is 10.5 Å². The van der Waals surface area contributed by atoms with Crippen LogP contribution in [0.5, 0.6) is 0 Å². The standard InChI is InChI=1S/C13H13BrClN/c1-3-4-9-7-12(15)10-5-6-11(14)8(2)13(10)16-9/h5-7H,3-4H2,1-2H3. The lowest BCUT2D eigenvalue weighted by Gasteiger charge is -2.08. The van der Waals surface area contributed by atoms with E-state index in [1.807, 2.05) is 18.2 Å². The second-order valence-corrected chi connectivity index (χ2v) is 5.18. The summed E-state index contributed by atoms with van der Waals surface area (Å²) < 4.78 is 1.08. The Kier molecular flexibility index (Phi) is 3.50. The first-order chi connectivity index (χ1) is 7.63. The molecule has 1 nitrogen and oxygen atoms in total. The molecule has 2 rings (SSSR count). The summed E-state index contributed by atoms with van der Waals surface area (Å²) in [6, 6.07) is 6.00. The van der Waals surface area contributed by atoms with Gasteiger partial charge in [-0.3, -0.25) is 4.98 Å². The van der Waals surface area contributed by atoms with Crippen molar-refractivity contribution >= 4 is 38.4 Å². The number of pyridine rings is 1. The maximum atomic E-state index is 6.27. The molecule has 0 aliphatic heterocycles. The maximum Gasteiger partial charge on any atom is 0.0760 e.